The predicted molar refractivity (Wildman–Crippen MR) is 117 cm³/mol. The van der Waals surface area contributed by atoms with E-state index in [0.29, 0.717) is 59.2 Å². The highest BCUT2D eigenvalue weighted by molar-refractivity contribution is 5.87. The summed E-state index contributed by atoms with van der Waals surface area (Å²) in [7, 11) is 3.32. The Bertz CT molecular complexity index is 674. The molecule has 4 rings (SSSR count). The standard InChI is InChI=1S/C26H42O4/c1-16(6-11-24(28)30-5)20-9-10-21-19-8-7-17-14-18(29-4)12-13-25(17,2)22(19)15-23(27)26(20,21)3/h16-22H,6-15H2,1-5H3/t16-,17-,18-,19+,20-,21+,22?,25+,26-/m1/s1. The Labute approximate surface area is 182 Å². The van der Waals surface area contributed by atoms with E-state index in [1.807, 2.05) is 7.11 Å². The Hall–Kier alpha value is -0.900. The van der Waals surface area contributed by atoms with Crippen LogP contribution in [0.25, 0.3) is 0 Å². The van der Waals surface area contributed by atoms with Crippen LogP contribution in [0.15, 0.2) is 0 Å². The molecule has 9 atom stereocenters. The molecule has 0 aromatic rings. The lowest BCUT2D eigenvalue weighted by Gasteiger charge is -2.60. The molecule has 0 saturated heterocycles. The molecule has 0 bridgehead atoms. The molecule has 1 unspecified atom stereocenters. The van der Waals surface area contributed by atoms with E-state index in [-0.39, 0.29) is 11.4 Å². The van der Waals surface area contributed by atoms with Crippen molar-refractivity contribution in [2.45, 2.75) is 91.1 Å². The second-order valence-corrected chi connectivity index (χ2v) is 11.5. The number of hydrogen-bond donors (Lipinski definition) is 0. The molecule has 0 aromatic carbocycles. The lowest BCUT2D eigenvalue weighted by molar-refractivity contribution is -0.161. The van der Waals surface area contributed by atoms with Crippen molar-refractivity contribution >= 4 is 11.8 Å². The quantitative estimate of drug-likeness (QED) is 0.559. The lowest BCUT2D eigenvalue weighted by atomic mass is 9.44. The molecule has 170 valence electrons. The van der Waals surface area contributed by atoms with Crippen molar-refractivity contribution in [1.82, 2.24) is 0 Å². The predicted octanol–water partition coefficient (Wildman–Crippen LogP) is 5.43. The summed E-state index contributed by atoms with van der Waals surface area (Å²) in [4.78, 5) is 25.4. The number of fused-ring (bicyclic) bond motifs is 5. The summed E-state index contributed by atoms with van der Waals surface area (Å²) in [5, 5.41) is 0. The Morgan fingerprint density at radius 1 is 1.10 bits per heavy atom. The maximum Gasteiger partial charge on any atom is 0.305 e. The molecule has 0 amide bonds. The van der Waals surface area contributed by atoms with Crippen LogP contribution in [0.1, 0.15) is 85.0 Å². The van der Waals surface area contributed by atoms with E-state index in [4.69, 9.17) is 9.47 Å². The molecule has 4 nitrogen and oxygen atoms in total. The highest BCUT2D eigenvalue weighted by Crippen LogP contribution is 2.67. The monoisotopic (exact) mass is 418 g/mol. The average Bonchev–Trinajstić information content (AvgIpc) is 3.10. The summed E-state index contributed by atoms with van der Waals surface area (Å²) in [6.45, 7) is 7.05. The van der Waals surface area contributed by atoms with Crippen LogP contribution in [-0.2, 0) is 19.1 Å². The fraction of sp³-hybridized carbons (Fsp3) is 0.923. The minimum Gasteiger partial charge on any atom is -0.469 e. The molecular weight excluding hydrogens is 376 g/mol. The van der Waals surface area contributed by atoms with Gasteiger partial charge >= 0.3 is 5.97 Å². The summed E-state index contributed by atoms with van der Waals surface area (Å²) in [6, 6.07) is 0. The maximum atomic E-state index is 13.8. The second-order valence-electron chi connectivity index (χ2n) is 11.5. The molecule has 4 aliphatic rings. The molecule has 0 radical (unpaired) electrons. The summed E-state index contributed by atoms with van der Waals surface area (Å²) in [6.07, 6.45) is 11.0. The Morgan fingerprint density at radius 2 is 1.87 bits per heavy atom. The smallest absolute Gasteiger partial charge is 0.305 e. The van der Waals surface area contributed by atoms with E-state index in [0.717, 1.165) is 25.7 Å². The summed E-state index contributed by atoms with van der Waals surface area (Å²) in [5.41, 5.74) is 0.118. The Morgan fingerprint density at radius 3 is 2.57 bits per heavy atom. The number of hydrogen-bond acceptors (Lipinski definition) is 4. The molecular formula is C26H42O4. The van der Waals surface area contributed by atoms with Gasteiger partial charge in [0.15, 0.2) is 0 Å². The number of esters is 1. The topological polar surface area (TPSA) is 52.6 Å². The highest BCUT2D eigenvalue weighted by atomic mass is 16.5. The van der Waals surface area contributed by atoms with E-state index >= 15 is 0 Å². The molecule has 4 heteroatoms. The van der Waals surface area contributed by atoms with E-state index in [1.54, 1.807) is 0 Å². The molecule has 4 saturated carbocycles. The molecule has 4 fully saturated rings. The number of Topliss-reactive ketones (excluding diaryl/α,β-unsaturated/α-hetero) is 1. The Kier molecular flexibility index (Phi) is 6.11. The first-order valence-corrected chi connectivity index (χ1v) is 12.4. The molecule has 0 aliphatic heterocycles. The van der Waals surface area contributed by atoms with Crippen LogP contribution in [0.4, 0.5) is 0 Å². The van der Waals surface area contributed by atoms with Crippen molar-refractivity contribution in [3.8, 4) is 0 Å². The summed E-state index contributed by atoms with van der Waals surface area (Å²) < 4.78 is 10.6. The average molecular weight is 419 g/mol. The number of ketones is 1. The number of ether oxygens (including phenoxy) is 2. The van der Waals surface area contributed by atoms with Gasteiger partial charge in [-0.05, 0) is 92.3 Å². The second kappa shape index (κ2) is 8.22. The van der Waals surface area contributed by atoms with Crippen molar-refractivity contribution in [3.05, 3.63) is 0 Å². The minimum atomic E-state index is -0.191. The zero-order valence-corrected chi connectivity index (χ0v) is 19.7. The van der Waals surface area contributed by atoms with Crippen LogP contribution in [0.3, 0.4) is 0 Å². The fourth-order valence-electron chi connectivity index (χ4n) is 8.73. The summed E-state index contributed by atoms with van der Waals surface area (Å²) in [5.74, 6) is 3.71. The van der Waals surface area contributed by atoms with E-state index in [9.17, 15) is 9.59 Å². The van der Waals surface area contributed by atoms with Gasteiger partial charge in [-0.1, -0.05) is 20.8 Å². The maximum absolute atomic E-state index is 13.8. The van der Waals surface area contributed by atoms with Gasteiger partial charge in [0, 0.05) is 25.4 Å². The van der Waals surface area contributed by atoms with Crippen molar-refractivity contribution in [1.29, 1.82) is 0 Å². The van der Waals surface area contributed by atoms with E-state index in [2.05, 4.69) is 20.8 Å². The molecule has 0 N–H and O–H groups in total. The molecule has 4 aliphatic carbocycles. The van der Waals surface area contributed by atoms with Gasteiger partial charge in [-0.15, -0.1) is 0 Å². The van der Waals surface area contributed by atoms with Crippen LogP contribution < -0.4 is 0 Å². The van der Waals surface area contributed by atoms with Crippen LogP contribution in [0, 0.1) is 46.3 Å². The minimum absolute atomic E-state index is 0.130. The normalized spacial score (nSPS) is 46.5. The number of rotatable bonds is 5. The van der Waals surface area contributed by atoms with Crippen molar-refractivity contribution < 1.29 is 19.1 Å². The van der Waals surface area contributed by atoms with Gasteiger partial charge in [0.1, 0.15) is 5.78 Å². The van der Waals surface area contributed by atoms with E-state index < -0.39 is 0 Å². The van der Waals surface area contributed by atoms with Crippen LogP contribution in [0.5, 0.6) is 0 Å². The third-order valence-electron chi connectivity index (χ3n) is 10.6. The van der Waals surface area contributed by atoms with Crippen molar-refractivity contribution in [2.75, 3.05) is 14.2 Å². The van der Waals surface area contributed by atoms with Crippen molar-refractivity contribution in [3.63, 3.8) is 0 Å². The molecule has 0 aromatic heterocycles. The summed E-state index contributed by atoms with van der Waals surface area (Å²) >= 11 is 0. The van der Waals surface area contributed by atoms with Gasteiger partial charge in [-0.2, -0.15) is 0 Å². The van der Waals surface area contributed by atoms with Gasteiger partial charge in [0.2, 0.25) is 0 Å². The van der Waals surface area contributed by atoms with Gasteiger partial charge in [0.05, 0.1) is 13.2 Å². The zero-order chi connectivity index (χ0) is 21.7. The van der Waals surface area contributed by atoms with Crippen LogP contribution >= 0.6 is 0 Å². The van der Waals surface area contributed by atoms with E-state index in [1.165, 1.54) is 39.2 Å². The highest BCUT2D eigenvalue weighted by Gasteiger charge is 2.63. The van der Waals surface area contributed by atoms with Crippen LogP contribution in [0.2, 0.25) is 0 Å². The largest absolute Gasteiger partial charge is 0.469 e. The zero-order valence-electron chi connectivity index (χ0n) is 19.7. The molecule has 0 heterocycles. The number of carbonyl (C=O) groups is 2. The SMILES string of the molecule is COC(=O)CC[C@@H](C)[C@H]1CC[C@H]2[C@@H]3CC[C@@H]4C[C@H](OC)CC[C@]4(C)C3CC(=O)[C@]12C. The molecule has 0 spiro atoms. The third-order valence-corrected chi connectivity index (χ3v) is 10.6. The Balaban J connectivity index is 1.53. The van der Waals surface area contributed by atoms with Gasteiger partial charge in [-0.25, -0.2) is 0 Å². The van der Waals surface area contributed by atoms with Crippen LogP contribution in [-0.4, -0.2) is 32.1 Å². The lowest BCUT2D eigenvalue weighted by Crippen LogP contribution is -2.57. The first kappa shape index (κ1) is 22.3. The van der Waals surface area contributed by atoms with Crippen molar-refractivity contribution in [2.24, 2.45) is 46.3 Å². The van der Waals surface area contributed by atoms with Gasteiger partial charge in [0.25, 0.3) is 0 Å². The number of carbonyl (C=O) groups excluding carboxylic acids is 2. The first-order chi connectivity index (χ1) is 14.3. The third kappa shape index (κ3) is 3.36. The fourth-order valence-corrected chi connectivity index (χ4v) is 8.73. The molecule has 30 heavy (non-hydrogen) atoms. The first-order valence-electron chi connectivity index (χ1n) is 12.4. The van der Waals surface area contributed by atoms with Gasteiger partial charge < -0.3 is 9.47 Å². The number of methoxy groups -OCH3 is 2. The van der Waals surface area contributed by atoms with Gasteiger partial charge in [-0.3, -0.25) is 9.59 Å².